The second-order valence-corrected chi connectivity index (χ2v) is 9.76. The molecule has 2 unspecified atom stereocenters. The molecule has 0 aliphatic carbocycles. The molecular formula is C25H27P. The molecule has 0 radical (unpaired) electrons. The van der Waals surface area contributed by atoms with E-state index in [0.29, 0.717) is 5.92 Å². The number of rotatable bonds is 4. The van der Waals surface area contributed by atoms with Crippen molar-refractivity contribution in [2.45, 2.75) is 31.3 Å². The third-order valence-corrected chi connectivity index (χ3v) is 9.36. The van der Waals surface area contributed by atoms with E-state index in [1.165, 1.54) is 36.6 Å². The molecule has 0 spiro atoms. The first-order valence-corrected chi connectivity index (χ1v) is 11.3. The second-order valence-electron chi connectivity index (χ2n) is 7.23. The van der Waals surface area contributed by atoms with E-state index in [-0.39, 0.29) is 13.1 Å². The maximum atomic E-state index is 2.38. The van der Waals surface area contributed by atoms with Gasteiger partial charge < -0.3 is 0 Å². The molecular weight excluding hydrogens is 331 g/mol. The van der Waals surface area contributed by atoms with Crippen molar-refractivity contribution < 1.29 is 0 Å². The number of benzene rings is 3. The highest BCUT2D eigenvalue weighted by atomic mass is 31.1. The smallest absolute Gasteiger partial charge is 0.0470 e. The summed E-state index contributed by atoms with van der Waals surface area (Å²) in [5.41, 5.74) is 3.01. The molecule has 26 heavy (non-hydrogen) atoms. The van der Waals surface area contributed by atoms with Crippen LogP contribution < -0.4 is 5.30 Å². The summed E-state index contributed by atoms with van der Waals surface area (Å²) >= 11 is 0. The number of hydrogen-bond acceptors (Lipinski definition) is 0. The molecule has 1 aliphatic heterocycles. The van der Waals surface area contributed by atoms with Crippen molar-refractivity contribution >= 4 is 13.2 Å². The highest BCUT2D eigenvalue weighted by Crippen LogP contribution is 2.67. The van der Waals surface area contributed by atoms with Crippen molar-refractivity contribution in [2.24, 2.45) is 5.92 Å². The molecule has 1 aliphatic rings. The Kier molecular flexibility index (Phi) is 5.23. The lowest BCUT2D eigenvalue weighted by Crippen LogP contribution is -2.41. The zero-order valence-corrected chi connectivity index (χ0v) is 16.4. The minimum Gasteiger partial charge on any atom is -0.0651 e. The third kappa shape index (κ3) is 2.91. The fourth-order valence-electron chi connectivity index (χ4n) is 4.88. The topological polar surface area (TPSA) is 0 Å². The highest BCUT2D eigenvalue weighted by Gasteiger charge is 2.49. The lowest BCUT2D eigenvalue weighted by Gasteiger charge is -2.51. The molecule has 0 bridgehead atoms. The van der Waals surface area contributed by atoms with Crippen LogP contribution in [0.1, 0.15) is 37.3 Å². The zero-order valence-electron chi connectivity index (χ0n) is 15.5. The van der Waals surface area contributed by atoms with Crippen LogP contribution in [0.3, 0.4) is 0 Å². The van der Waals surface area contributed by atoms with Crippen LogP contribution in [-0.2, 0) is 5.16 Å². The van der Waals surface area contributed by atoms with Gasteiger partial charge in [-0.25, -0.2) is 0 Å². The molecule has 2 atom stereocenters. The molecule has 1 heterocycles. The van der Waals surface area contributed by atoms with Crippen molar-refractivity contribution in [1.29, 1.82) is 0 Å². The van der Waals surface area contributed by atoms with Crippen molar-refractivity contribution in [3.05, 3.63) is 102 Å². The van der Waals surface area contributed by atoms with Crippen LogP contribution in [0.25, 0.3) is 0 Å². The number of hydrogen-bond donors (Lipinski definition) is 0. The van der Waals surface area contributed by atoms with E-state index < -0.39 is 0 Å². The average Bonchev–Trinajstić information content (AvgIpc) is 2.75. The summed E-state index contributed by atoms with van der Waals surface area (Å²) < 4.78 is 0. The first kappa shape index (κ1) is 17.5. The molecule has 4 rings (SSSR count). The van der Waals surface area contributed by atoms with Gasteiger partial charge in [-0.2, -0.15) is 0 Å². The molecule has 0 nitrogen and oxygen atoms in total. The Morgan fingerprint density at radius 1 is 0.769 bits per heavy atom. The summed E-state index contributed by atoms with van der Waals surface area (Å²) in [4.78, 5) is 0. The monoisotopic (exact) mass is 358 g/mol. The maximum Gasteiger partial charge on any atom is 0.0470 e. The van der Waals surface area contributed by atoms with Crippen LogP contribution in [0.2, 0.25) is 0 Å². The summed E-state index contributed by atoms with van der Waals surface area (Å²) in [6.45, 7) is 2.38. The van der Waals surface area contributed by atoms with Gasteiger partial charge in [0, 0.05) is 5.16 Å². The van der Waals surface area contributed by atoms with E-state index in [9.17, 15) is 0 Å². The Hall–Kier alpha value is -1.91. The molecule has 1 fully saturated rings. The molecule has 0 N–H and O–H groups in total. The second kappa shape index (κ2) is 7.77. The van der Waals surface area contributed by atoms with E-state index in [4.69, 9.17) is 0 Å². The molecule has 0 saturated carbocycles. The Bertz CT molecular complexity index is 771. The molecule has 1 saturated heterocycles. The molecule has 3 aromatic carbocycles. The predicted molar refractivity (Wildman–Crippen MR) is 115 cm³/mol. The lowest BCUT2D eigenvalue weighted by atomic mass is 9.76. The van der Waals surface area contributed by atoms with Gasteiger partial charge in [0.05, 0.1) is 0 Å². The van der Waals surface area contributed by atoms with Gasteiger partial charge in [-0.3, -0.25) is 0 Å². The van der Waals surface area contributed by atoms with Crippen LogP contribution in [0.4, 0.5) is 0 Å². The molecule has 132 valence electrons. The van der Waals surface area contributed by atoms with E-state index >= 15 is 0 Å². The maximum absolute atomic E-state index is 2.38. The van der Waals surface area contributed by atoms with Gasteiger partial charge in [-0.05, 0) is 41.4 Å². The van der Waals surface area contributed by atoms with Crippen LogP contribution in [0.15, 0.2) is 91.0 Å². The predicted octanol–water partition coefficient (Wildman–Crippen LogP) is 6.56. The highest BCUT2D eigenvalue weighted by molar-refractivity contribution is 7.67. The van der Waals surface area contributed by atoms with Crippen molar-refractivity contribution in [3.8, 4) is 0 Å². The van der Waals surface area contributed by atoms with Gasteiger partial charge in [0.25, 0.3) is 0 Å². The van der Waals surface area contributed by atoms with Crippen molar-refractivity contribution in [3.63, 3.8) is 0 Å². The summed E-state index contributed by atoms with van der Waals surface area (Å²) in [6.07, 6.45) is 5.22. The van der Waals surface area contributed by atoms with Gasteiger partial charge in [0.2, 0.25) is 0 Å². The van der Waals surface area contributed by atoms with E-state index in [1.807, 2.05) is 0 Å². The molecule has 0 aromatic heterocycles. The van der Waals surface area contributed by atoms with E-state index in [1.54, 1.807) is 5.30 Å². The quantitative estimate of drug-likeness (QED) is 0.463. The van der Waals surface area contributed by atoms with Crippen LogP contribution in [-0.4, -0.2) is 6.16 Å². The minimum absolute atomic E-state index is 0.117. The van der Waals surface area contributed by atoms with Crippen LogP contribution >= 0.6 is 7.92 Å². The van der Waals surface area contributed by atoms with Gasteiger partial charge in [-0.15, -0.1) is 0 Å². The molecule has 3 aromatic rings. The minimum atomic E-state index is -0.312. The standard InChI is InChI=1S/C25H27P/c1-2-21-17-12-20-26(24-18-10-5-11-19-24)25(21,22-13-6-3-7-14-22)23-15-8-4-9-16-23/h3-11,13-16,18-19,21H,2,12,17,20H2,1H3. The fraction of sp³-hybridized carbons (Fsp3) is 0.280. The lowest BCUT2D eigenvalue weighted by molar-refractivity contribution is 0.366. The van der Waals surface area contributed by atoms with E-state index in [2.05, 4.69) is 97.9 Å². The normalized spacial score (nSPS) is 22.0. The Morgan fingerprint density at radius 3 is 1.77 bits per heavy atom. The Balaban J connectivity index is 2.00. The summed E-state index contributed by atoms with van der Waals surface area (Å²) in [5.74, 6) is 0.687. The van der Waals surface area contributed by atoms with E-state index in [0.717, 1.165) is 0 Å². The van der Waals surface area contributed by atoms with Crippen molar-refractivity contribution in [2.75, 3.05) is 6.16 Å². The fourth-order valence-corrected chi connectivity index (χ4v) is 8.60. The van der Waals surface area contributed by atoms with Gasteiger partial charge >= 0.3 is 0 Å². The summed E-state index contributed by atoms with van der Waals surface area (Å²) in [6, 6.07) is 34.0. The third-order valence-electron chi connectivity index (χ3n) is 5.94. The van der Waals surface area contributed by atoms with Crippen molar-refractivity contribution in [1.82, 2.24) is 0 Å². The molecule has 1 heteroatoms. The van der Waals surface area contributed by atoms with Gasteiger partial charge in [0.15, 0.2) is 0 Å². The summed E-state index contributed by atoms with van der Waals surface area (Å²) in [7, 11) is -0.312. The Morgan fingerprint density at radius 2 is 1.27 bits per heavy atom. The average molecular weight is 358 g/mol. The first-order valence-electron chi connectivity index (χ1n) is 9.81. The molecule has 0 amide bonds. The largest absolute Gasteiger partial charge is 0.0651 e. The van der Waals surface area contributed by atoms with Crippen LogP contribution in [0, 0.1) is 5.92 Å². The zero-order chi connectivity index (χ0) is 17.8. The summed E-state index contributed by atoms with van der Waals surface area (Å²) in [5, 5.41) is 1.67. The van der Waals surface area contributed by atoms with Crippen LogP contribution in [0.5, 0.6) is 0 Å². The van der Waals surface area contributed by atoms with Gasteiger partial charge in [-0.1, -0.05) is 112 Å². The Labute approximate surface area is 159 Å². The first-order chi connectivity index (χ1) is 12.9. The van der Waals surface area contributed by atoms with Gasteiger partial charge in [0.1, 0.15) is 0 Å². The SMILES string of the molecule is CCC1CCCP(c2ccccc2)C1(c1ccccc1)c1ccccc1.